The highest BCUT2D eigenvalue weighted by Crippen LogP contribution is 2.26. The normalized spacial score (nSPS) is 10.9. The maximum atomic E-state index is 12.4. The molecule has 0 fully saturated rings. The number of nitrogens with one attached hydrogen (secondary N) is 1. The van der Waals surface area contributed by atoms with Crippen molar-refractivity contribution in [1.29, 1.82) is 0 Å². The first kappa shape index (κ1) is 14.7. The van der Waals surface area contributed by atoms with Gasteiger partial charge in [0.15, 0.2) is 0 Å². The van der Waals surface area contributed by atoms with Gasteiger partial charge in [0.05, 0.1) is 5.52 Å². The van der Waals surface area contributed by atoms with Gasteiger partial charge < -0.3 is 10.4 Å². The van der Waals surface area contributed by atoms with Crippen molar-refractivity contribution in [2.24, 2.45) is 7.05 Å². The molecule has 0 atom stereocenters. The van der Waals surface area contributed by atoms with Gasteiger partial charge in [0.2, 0.25) is 5.95 Å². The highest BCUT2D eigenvalue weighted by molar-refractivity contribution is 6.35. The summed E-state index contributed by atoms with van der Waals surface area (Å²) in [5.74, 6) is 0.226. The van der Waals surface area contributed by atoms with Crippen molar-refractivity contribution in [2.75, 3.05) is 5.32 Å². The summed E-state index contributed by atoms with van der Waals surface area (Å²) in [6.45, 7) is 0. The summed E-state index contributed by atoms with van der Waals surface area (Å²) >= 11 is 11.9. The molecule has 0 spiro atoms. The van der Waals surface area contributed by atoms with E-state index in [0.717, 1.165) is 0 Å². The Labute approximate surface area is 135 Å². The van der Waals surface area contributed by atoms with Crippen molar-refractivity contribution in [2.45, 2.75) is 0 Å². The molecule has 1 heterocycles. The molecule has 2 aromatic carbocycles. The van der Waals surface area contributed by atoms with E-state index < -0.39 is 0 Å². The zero-order valence-electron chi connectivity index (χ0n) is 11.5. The number of hydrogen-bond acceptors (Lipinski definition) is 4. The van der Waals surface area contributed by atoms with Crippen molar-refractivity contribution in [3.8, 4) is 5.75 Å². The maximum Gasteiger partial charge on any atom is 0.266 e. The van der Waals surface area contributed by atoms with Gasteiger partial charge in [-0.25, -0.2) is 4.98 Å². The fraction of sp³-hybridized carbons (Fsp3) is 0.0667. The predicted molar refractivity (Wildman–Crippen MR) is 88.4 cm³/mol. The molecule has 2 N–H and O–H groups in total. The summed E-state index contributed by atoms with van der Waals surface area (Å²) < 4.78 is 1.32. The average Bonchev–Trinajstić information content (AvgIpc) is 2.43. The van der Waals surface area contributed by atoms with Crippen LogP contribution in [0.5, 0.6) is 5.75 Å². The van der Waals surface area contributed by atoms with E-state index in [0.29, 0.717) is 27.2 Å². The first-order chi connectivity index (χ1) is 10.5. The molecule has 0 amide bonds. The number of phenolic OH excluding ortho intramolecular Hbond substituents is 1. The quantitative estimate of drug-likeness (QED) is 0.749. The molecule has 0 unspecified atom stereocenters. The van der Waals surface area contributed by atoms with Crippen LogP contribution in [0.25, 0.3) is 10.9 Å². The number of anilines is 2. The molecule has 0 aliphatic rings. The molecule has 0 saturated heterocycles. The molecule has 0 aliphatic carbocycles. The van der Waals surface area contributed by atoms with Crippen molar-refractivity contribution < 1.29 is 5.11 Å². The van der Waals surface area contributed by atoms with Crippen LogP contribution in [0.3, 0.4) is 0 Å². The molecule has 112 valence electrons. The van der Waals surface area contributed by atoms with Crippen LogP contribution in [0, 0.1) is 0 Å². The van der Waals surface area contributed by atoms with E-state index in [9.17, 15) is 9.90 Å². The lowest BCUT2D eigenvalue weighted by atomic mass is 10.2. The number of rotatable bonds is 2. The molecule has 0 aliphatic heterocycles. The Morgan fingerprint density at radius 1 is 1.18 bits per heavy atom. The van der Waals surface area contributed by atoms with Crippen LogP contribution >= 0.6 is 23.2 Å². The minimum absolute atomic E-state index is 0.0945. The van der Waals surface area contributed by atoms with Crippen LogP contribution < -0.4 is 10.9 Å². The Morgan fingerprint density at radius 2 is 1.86 bits per heavy atom. The first-order valence-corrected chi connectivity index (χ1v) is 7.13. The lowest BCUT2D eigenvalue weighted by Gasteiger charge is -2.12. The number of fused-ring (bicyclic) bond motifs is 1. The van der Waals surface area contributed by atoms with Crippen LogP contribution in [0.2, 0.25) is 10.0 Å². The van der Waals surface area contributed by atoms with Gasteiger partial charge >= 0.3 is 0 Å². The summed E-state index contributed by atoms with van der Waals surface area (Å²) in [6, 6.07) is 9.70. The molecule has 7 heteroatoms. The molecule has 22 heavy (non-hydrogen) atoms. The van der Waals surface area contributed by atoms with E-state index in [1.165, 1.54) is 10.6 Å². The molecular formula is C15H11Cl2N3O2. The number of benzene rings is 2. The van der Waals surface area contributed by atoms with E-state index in [4.69, 9.17) is 23.2 Å². The second kappa shape index (κ2) is 5.51. The second-order valence-corrected chi connectivity index (χ2v) is 5.63. The van der Waals surface area contributed by atoms with Gasteiger partial charge in [-0.15, -0.1) is 0 Å². The number of halogens is 2. The smallest absolute Gasteiger partial charge is 0.266 e. The Kier molecular flexibility index (Phi) is 3.68. The Hall–Kier alpha value is -2.24. The first-order valence-electron chi connectivity index (χ1n) is 6.37. The predicted octanol–water partition coefficient (Wildman–Crippen LogP) is 3.69. The summed E-state index contributed by atoms with van der Waals surface area (Å²) in [6.07, 6.45) is 0. The minimum Gasteiger partial charge on any atom is -0.507 e. The summed E-state index contributed by atoms with van der Waals surface area (Å²) in [4.78, 5) is 16.7. The third kappa shape index (κ3) is 2.61. The van der Waals surface area contributed by atoms with Crippen molar-refractivity contribution in [1.82, 2.24) is 9.55 Å². The standard InChI is InChI=1S/C15H11Cl2N3O2/c1-20-14(22)13-11(3-2-4-12(13)21)19-15(20)18-10-6-8(16)5-9(17)7-10/h2-7,21H,1H3,(H,18,19). The zero-order chi connectivity index (χ0) is 15.9. The van der Waals surface area contributed by atoms with Gasteiger partial charge in [0, 0.05) is 22.8 Å². The largest absolute Gasteiger partial charge is 0.507 e. The fourth-order valence-electron chi connectivity index (χ4n) is 2.16. The molecule has 5 nitrogen and oxygen atoms in total. The summed E-state index contributed by atoms with van der Waals surface area (Å²) in [5, 5.41) is 14.0. The van der Waals surface area contributed by atoms with Gasteiger partial charge in [-0.05, 0) is 30.3 Å². The lowest BCUT2D eigenvalue weighted by Crippen LogP contribution is -2.21. The van der Waals surface area contributed by atoms with Gasteiger partial charge in [0.25, 0.3) is 5.56 Å². The van der Waals surface area contributed by atoms with Crippen LogP contribution in [0.1, 0.15) is 0 Å². The molecule has 3 rings (SSSR count). The zero-order valence-corrected chi connectivity index (χ0v) is 13.0. The number of phenols is 1. The van der Waals surface area contributed by atoms with Crippen LogP contribution in [0.15, 0.2) is 41.2 Å². The Balaban J connectivity index is 2.15. The maximum absolute atomic E-state index is 12.4. The van der Waals surface area contributed by atoms with Gasteiger partial charge in [-0.1, -0.05) is 29.3 Å². The molecule has 1 aromatic heterocycles. The van der Waals surface area contributed by atoms with E-state index in [1.54, 1.807) is 37.4 Å². The SMILES string of the molecule is Cn1c(Nc2cc(Cl)cc(Cl)c2)nc2cccc(O)c2c1=O. The topological polar surface area (TPSA) is 67.2 Å². The van der Waals surface area contributed by atoms with Crippen LogP contribution in [0.4, 0.5) is 11.6 Å². The number of aromatic hydroxyl groups is 1. The van der Waals surface area contributed by atoms with Crippen molar-refractivity contribution in [3.05, 3.63) is 56.8 Å². The monoisotopic (exact) mass is 335 g/mol. The third-order valence-electron chi connectivity index (χ3n) is 3.20. The van der Waals surface area contributed by atoms with Crippen molar-refractivity contribution in [3.63, 3.8) is 0 Å². The van der Waals surface area contributed by atoms with E-state index in [2.05, 4.69) is 10.3 Å². The Morgan fingerprint density at radius 3 is 2.55 bits per heavy atom. The Bertz CT molecular complexity index is 918. The molecular weight excluding hydrogens is 325 g/mol. The molecule has 0 radical (unpaired) electrons. The number of aromatic nitrogens is 2. The van der Waals surface area contributed by atoms with Gasteiger partial charge in [-0.3, -0.25) is 9.36 Å². The third-order valence-corrected chi connectivity index (χ3v) is 3.64. The van der Waals surface area contributed by atoms with E-state index >= 15 is 0 Å². The van der Waals surface area contributed by atoms with Crippen LogP contribution in [-0.2, 0) is 7.05 Å². The van der Waals surface area contributed by atoms with Gasteiger partial charge in [-0.2, -0.15) is 0 Å². The highest BCUT2D eigenvalue weighted by atomic mass is 35.5. The van der Waals surface area contributed by atoms with Crippen molar-refractivity contribution >= 4 is 45.7 Å². The number of nitrogens with zero attached hydrogens (tertiary/aromatic N) is 2. The second-order valence-electron chi connectivity index (χ2n) is 4.75. The highest BCUT2D eigenvalue weighted by Gasteiger charge is 2.11. The molecule has 0 saturated carbocycles. The van der Waals surface area contributed by atoms with E-state index in [1.807, 2.05) is 0 Å². The summed E-state index contributed by atoms with van der Waals surface area (Å²) in [7, 11) is 1.57. The summed E-state index contributed by atoms with van der Waals surface area (Å²) in [5.41, 5.74) is 0.664. The minimum atomic E-state index is -0.348. The number of hydrogen-bond donors (Lipinski definition) is 2. The average molecular weight is 336 g/mol. The van der Waals surface area contributed by atoms with Gasteiger partial charge in [0.1, 0.15) is 11.1 Å². The molecule has 0 bridgehead atoms. The molecule has 3 aromatic rings. The lowest BCUT2D eigenvalue weighted by molar-refractivity contribution is 0.480. The fourth-order valence-corrected chi connectivity index (χ4v) is 2.69. The van der Waals surface area contributed by atoms with E-state index in [-0.39, 0.29) is 16.7 Å². The van der Waals surface area contributed by atoms with Crippen LogP contribution in [-0.4, -0.2) is 14.7 Å².